The molecule has 1 N–H and O–H groups in total. The van der Waals surface area contributed by atoms with Crippen molar-refractivity contribution in [3.63, 3.8) is 0 Å². The van der Waals surface area contributed by atoms with E-state index in [2.05, 4.69) is 27.4 Å². The Hall–Kier alpha value is -1.56. The largest absolute Gasteiger partial charge is 0.308 e. The molecule has 0 bridgehead atoms. The van der Waals surface area contributed by atoms with Crippen LogP contribution in [0.15, 0.2) is 36.7 Å². The van der Waals surface area contributed by atoms with Gasteiger partial charge in [0.1, 0.15) is 27.4 Å². The summed E-state index contributed by atoms with van der Waals surface area (Å²) < 4.78 is 0. The minimum Gasteiger partial charge on any atom is -0.308 e. The zero-order valence-corrected chi connectivity index (χ0v) is 13.0. The van der Waals surface area contributed by atoms with Crippen molar-refractivity contribution in [3.05, 3.63) is 41.7 Å². The molecule has 3 heterocycles. The van der Waals surface area contributed by atoms with Crippen LogP contribution in [0.5, 0.6) is 0 Å². The van der Waals surface area contributed by atoms with Crippen molar-refractivity contribution < 1.29 is 0 Å². The summed E-state index contributed by atoms with van der Waals surface area (Å²) in [6.45, 7) is 1.08. The summed E-state index contributed by atoms with van der Waals surface area (Å²) in [5.74, 6) is 0. The molecule has 0 spiro atoms. The molecule has 0 saturated carbocycles. The highest BCUT2D eigenvalue weighted by atomic mass is 35.5. The van der Waals surface area contributed by atoms with E-state index in [0.29, 0.717) is 6.04 Å². The van der Waals surface area contributed by atoms with E-state index in [9.17, 15) is 0 Å². The van der Waals surface area contributed by atoms with Crippen LogP contribution in [-0.2, 0) is 0 Å². The Kier molecular flexibility index (Phi) is 4.14. The summed E-state index contributed by atoms with van der Waals surface area (Å²) >= 11 is 1.68. The Morgan fingerprint density at radius 1 is 1.14 bits per heavy atom. The Bertz CT molecular complexity index is 738. The molecule has 4 rings (SSSR count). The van der Waals surface area contributed by atoms with Crippen LogP contribution in [-0.4, -0.2) is 21.5 Å². The number of aromatic nitrogens is 3. The fourth-order valence-corrected chi connectivity index (χ4v) is 3.64. The van der Waals surface area contributed by atoms with Gasteiger partial charge in [0, 0.05) is 5.56 Å². The zero-order valence-electron chi connectivity index (χ0n) is 11.3. The van der Waals surface area contributed by atoms with Gasteiger partial charge >= 0.3 is 0 Å². The van der Waals surface area contributed by atoms with Gasteiger partial charge in [-0.3, -0.25) is 0 Å². The van der Waals surface area contributed by atoms with E-state index in [-0.39, 0.29) is 12.4 Å². The van der Waals surface area contributed by atoms with Crippen LogP contribution >= 0.6 is 23.7 Å². The predicted octanol–water partition coefficient (Wildman–Crippen LogP) is 3.60. The van der Waals surface area contributed by atoms with E-state index in [1.807, 2.05) is 18.2 Å². The first-order valence-corrected chi connectivity index (χ1v) is 7.64. The van der Waals surface area contributed by atoms with Gasteiger partial charge in [-0.1, -0.05) is 41.7 Å². The van der Waals surface area contributed by atoms with Crippen molar-refractivity contribution >= 4 is 34.1 Å². The molecule has 6 heteroatoms. The van der Waals surface area contributed by atoms with Crippen LogP contribution in [0.25, 0.3) is 21.6 Å². The van der Waals surface area contributed by atoms with Crippen molar-refractivity contribution in [2.24, 2.45) is 0 Å². The Morgan fingerprint density at radius 3 is 2.76 bits per heavy atom. The van der Waals surface area contributed by atoms with Crippen molar-refractivity contribution in [2.45, 2.75) is 18.9 Å². The molecule has 4 nitrogen and oxygen atoms in total. The molecule has 21 heavy (non-hydrogen) atoms. The van der Waals surface area contributed by atoms with Gasteiger partial charge in [-0.15, -0.1) is 12.4 Å². The maximum Gasteiger partial charge on any atom is 0.147 e. The van der Waals surface area contributed by atoms with E-state index in [1.165, 1.54) is 6.42 Å². The van der Waals surface area contributed by atoms with Gasteiger partial charge in [0.15, 0.2) is 0 Å². The lowest BCUT2D eigenvalue weighted by Gasteiger charge is -2.04. The highest BCUT2D eigenvalue weighted by molar-refractivity contribution is 7.18. The molecule has 0 amide bonds. The second kappa shape index (κ2) is 6.05. The summed E-state index contributed by atoms with van der Waals surface area (Å²) in [6, 6.07) is 10.6. The second-order valence-electron chi connectivity index (χ2n) is 4.94. The molecule has 2 aromatic heterocycles. The first-order valence-electron chi connectivity index (χ1n) is 6.82. The Morgan fingerprint density at radius 2 is 2.00 bits per heavy atom. The number of nitrogens with zero attached hydrogens (tertiary/aromatic N) is 3. The lowest BCUT2D eigenvalue weighted by atomic mass is 10.1. The van der Waals surface area contributed by atoms with Crippen LogP contribution in [0, 0.1) is 0 Å². The SMILES string of the molecule is Cl.c1ccc(-c2ncnc3sc([C@@H]4CCCN4)nc23)cc1. The molecule has 1 aliphatic rings. The fourth-order valence-electron chi connectivity index (χ4n) is 2.62. The predicted molar refractivity (Wildman–Crippen MR) is 87.9 cm³/mol. The number of hydrogen-bond acceptors (Lipinski definition) is 5. The quantitative estimate of drug-likeness (QED) is 0.784. The molecule has 0 unspecified atom stereocenters. The van der Waals surface area contributed by atoms with Gasteiger partial charge in [-0.05, 0) is 19.4 Å². The van der Waals surface area contributed by atoms with E-state index >= 15 is 0 Å². The van der Waals surface area contributed by atoms with Gasteiger partial charge in [0.25, 0.3) is 0 Å². The van der Waals surface area contributed by atoms with Gasteiger partial charge in [0.2, 0.25) is 0 Å². The number of hydrogen-bond donors (Lipinski definition) is 1. The van der Waals surface area contributed by atoms with Crippen LogP contribution in [0.3, 0.4) is 0 Å². The third-order valence-corrected chi connectivity index (χ3v) is 4.69. The molecule has 108 valence electrons. The third kappa shape index (κ3) is 2.64. The number of rotatable bonds is 2. The molecule has 1 fully saturated rings. The van der Waals surface area contributed by atoms with Gasteiger partial charge in [-0.25, -0.2) is 15.0 Å². The van der Waals surface area contributed by atoms with E-state index in [0.717, 1.165) is 39.6 Å². The smallest absolute Gasteiger partial charge is 0.147 e. The number of halogens is 1. The monoisotopic (exact) mass is 318 g/mol. The highest BCUT2D eigenvalue weighted by Gasteiger charge is 2.21. The van der Waals surface area contributed by atoms with Crippen LogP contribution in [0.2, 0.25) is 0 Å². The first kappa shape index (κ1) is 14.4. The number of benzene rings is 1. The van der Waals surface area contributed by atoms with Crippen molar-refractivity contribution in [2.75, 3.05) is 6.54 Å². The second-order valence-corrected chi connectivity index (χ2v) is 5.95. The normalized spacial score (nSPS) is 17.8. The number of thiazole rings is 1. The van der Waals surface area contributed by atoms with Crippen LogP contribution in [0.1, 0.15) is 23.9 Å². The topological polar surface area (TPSA) is 50.7 Å². The highest BCUT2D eigenvalue weighted by Crippen LogP contribution is 2.33. The summed E-state index contributed by atoms with van der Waals surface area (Å²) in [6.07, 6.45) is 4.01. The first-order chi connectivity index (χ1) is 9.92. The summed E-state index contributed by atoms with van der Waals surface area (Å²) in [5.41, 5.74) is 2.94. The summed E-state index contributed by atoms with van der Waals surface area (Å²) in [7, 11) is 0. The van der Waals surface area contributed by atoms with E-state index in [1.54, 1.807) is 17.7 Å². The lowest BCUT2D eigenvalue weighted by Crippen LogP contribution is -2.12. The molecule has 3 aromatic rings. The fraction of sp³-hybridized carbons (Fsp3) is 0.267. The zero-order chi connectivity index (χ0) is 13.4. The molecule has 0 aliphatic carbocycles. The van der Waals surface area contributed by atoms with Crippen molar-refractivity contribution in [3.8, 4) is 11.3 Å². The molecular formula is C15H15ClN4S. The third-order valence-electron chi connectivity index (χ3n) is 3.62. The standard InChI is InChI=1S/C15H14N4S.ClH/c1-2-5-10(6-3-1)12-13-15(18-9-17-12)20-14(19-13)11-7-4-8-16-11;/h1-3,5-6,9,11,16H,4,7-8H2;1H/t11-;/m0./s1. The summed E-state index contributed by atoms with van der Waals surface area (Å²) in [4.78, 5) is 14.6. The van der Waals surface area contributed by atoms with Crippen LogP contribution in [0.4, 0.5) is 0 Å². The minimum atomic E-state index is 0. The maximum atomic E-state index is 4.80. The Labute approximate surface area is 133 Å². The van der Waals surface area contributed by atoms with Gasteiger partial charge < -0.3 is 5.32 Å². The average molecular weight is 319 g/mol. The minimum absolute atomic E-state index is 0. The lowest BCUT2D eigenvalue weighted by molar-refractivity contribution is 0.644. The number of nitrogens with one attached hydrogen (secondary N) is 1. The molecular weight excluding hydrogens is 304 g/mol. The van der Waals surface area contributed by atoms with E-state index < -0.39 is 0 Å². The molecule has 1 saturated heterocycles. The molecule has 0 radical (unpaired) electrons. The number of fused-ring (bicyclic) bond motifs is 1. The van der Waals surface area contributed by atoms with Crippen molar-refractivity contribution in [1.82, 2.24) is 20.3 Å². The van der Waals surface area contributed by atoms with Gasteiger partial charge in [0.05, 0.1) is 6.04 Å². The molecule has 1 atom stereocenters. The summed E-state index contributed by atoms with van der Waals surface area (Å²) in [5, 5.41) is 4.63. The van der Waals surface area contributed by atoms with Crippen molar-refractivity contribution in [1.29, 1.82) is 0 Å². The Balaban J connectivity index is 0.00000132. The maximum absolute atomic E-state index is 4.80. The van der Waals surface area contributed by atoms with Crippen LogP contribution < -0.4 is 5.32 Å². The molecule has 1 aromatic carbocycles. The average Bonchev–Trinajstić information content (AvgIpc) is 3.16. The van der Waals surface area contributed by atoms with E-state index in [4.69, 9.17) is 4.98 Å². The molecule has 1 aliphatic heterocycles. The van der Waals surface area contributed by atoms with Gasteiger partial charge in [-0.2, -0.15) is 0 Å².